The second kappa shape index (κ2) is 16.2. The highest BCUT2D eigenvalue weighted by molar-refractivity contribution is 6.74. The molecule has 0 unspecified atom stereocenters. The minimum atomic E-state index is -1.64. The van der Waals surface area contributed by atoms with Gasteiger partial charge in [0, 0.05) is 13.2 Å². The second-order valence-corrected chi connectivity index (χ2v) is 16.5. The Labute approximate surface area is 248 Å². The van der Waals surface area contributed by atoms with Crippen molar-refractivity contribution in [2.24, 2.45) is 0 Å². The predicted octanol–water partition coefficient (Wildman–Crippen LogP) is 8.63. The molecule has 0 aliphatic carbocycles. The average Bonchev–Trinajstić information content (AvgIpc) is 2.97. The molecule has 5 heteroatoms. The van der Waals surface area contributed by atoms with Crippen LogP contribution in [-0.2, 0) is 30.5 Å². The Bertz CT molecular complexity index is 1250. The lowest BCUT2D eigenvalue weighted by Gasteiger charge is -2.36. The van der Waals surface area contributed by atoms with Crippen molar-refractivity contribution < 1.29 is 19.0 Å². The van der Waals surface area contributed by atoms with Crippen molar-refractivity contribution in [2.75, 3.05) is 13.2 Å². The van der Waals surface area contributed by atoms with Crippen LogP contribution >= 0.6 is 0 Å². The number of benzene rings is 4. The van der Waals surface area contributed by atoms with E-state index in [1.54, 1.807) is 0 Å². The summed E-state index contributed by atoms with van der Waals surface area (Å²) in [5.74, 6) is 1.77. The van der Waals surface area contributed by atoms with E-state index in [4.69, 9.17) is 19.0 Å². The van der Waals surface area contributed by atoms with Crippen molar-refractivity contribution in [1.29, 1.82) is 0 Å². The normalized spacial score (nSPS) is 11.4. The van der Waals surface area contributed by atoms with Gasteiger partial charge in [-0.15, -0.1) is 0 Å². The third kappa shape index (κ3) is 11.6. The van der Waals surface area contributed by atoms with Gasteiger partial charge in [0.15, 0.2) is 8.32 Å². The number of hydrogen-bond donors (Lipinski definition) is 1. The summed E-state index contributed by atoms with van der Waals surface area (Å²) in [6, 6.07) is 36.5. The smallest absolute Gasteiger partial charge is 0.191 e. The highest BCUT2D eigenvalue weighted by atomic mass is 28.4. The maximum atomic E-state index is 8.81. The summed E-state index contributed by atoms with van der Waals surface area (Å²) >= 11 is 0. The Hall–Kier alpha value is -3.38. The van der Waals surface area contributed by atoms with E-state index in [1.165, 1.54) is 11.1 Å². The van der Waals surface area contributed by atoms with E-state index in [0.717, 1.165) is 35.7 Å². The number of aliphatic hydroxyl groups is 1. The Morgan fingerprint density at radius 3 is 1.37 bits per heavy atom. The molecule has 0 fully saturated rings. The molecule has 0 saturated heterocycles. The molecule has 0 aromatic heterocycles. The molecule has 0 radical (unpaired) electrons. The van der Waals surface area contributed by atoms with Gasteiger partial charge in [0.1, 0.15) is 24.7 Å². The van der Waals surface area contributed by atoms with Gasteiger partial charge in [0.05, 0.1) is 0 Å². The van der Waals surface area contributed by atoms with Crippen LogP contribution in [0.15, 0.2) is 109 Å². The van der Waals surface area contributed by atoms with Crippen molar-refractivity contribution in [3.63, 3.8) is 0 Å². The van der Waals surface area contributed by atoms with Gasteiger partial charge in [-0.05, 0) is 77.5 Å². The molecule has 1 N–H and O–H groups in total. The Morgan fingerprint density at radius 1 is 0.561 bits per heavy atom. The summed E-state index contributed by atoms with van der Waals surface area (Å²) in [5, 5.41) is 9.08. The molecule has 0 bridgehead atoms. The van der Waals surface area contributed by atoms with E-state index in [0.29, 0.717) is 19.6 Å². The lowest BCUT2D eigenvalue weighted by Crippen LogP contribution is -2.41. The van der Waals surface area contributed by atoms with Crippen molar-refractivity contribution >= 4 is 8.32 Å². The van der Waals surface area contributed by atoms with Crippen LogP contribution in [0.5, 0.6) is 11.5 Å². The third-order valence-corrected chi connectivity index (χ3v) is 11.9. The second-order valence-electron chi connectivity index (χ2n) is 11.7. The standard InChI is InChI=1S/C21H30O2Si.C15H16O2/c1-21(2,3)24(4,5)23-16-15-18-11-13-20(14-12-18)22-17-19-9-7-6-8-10-19;16-11-10-13-6-8-15(9-7-13)17-12-14-4-2-1-3-5-14/h6-14H,15-17H2,1-5H3;1-9,16H,10-12H2. The molecular weight excluding hydrogens is 524 g/mol. The van der Waals surface area contributed by atoms with E-state index >= 15 is 0 Å². The minimum absolute atomic E-state index is 0.185. The third-order valence-electron chi connectivity index (χ3n) is 7.40. The molecule has 4 rings (SSSR count). The summed E-state index contributed by atoms with van der Waals surface area (Å²) in [6.07, 6.45) is 1.64. The summed E-state index contributed by atoms with van der Waals surface area (Å²) in [4.78, 5) is 0. The number of rotatable bonds is 12. The molecule has 0 amide bonds. The first kappa shape index (κ1) is 32.1. The summed E-state index contributed by atoms with van der Waals surface area (Å²) in [6.45, 7) is 13.6. The minimum Gasteiger partial charge on any atom is -0.489 e. The van der Waals surface area contributed by atoms with Crippen LogP contribution in [0.3, 0.4) is 0 Å². The molecule has 4 aromatic rings. The molecule has 0 saturated carbocycles. The van der Waals surface area contributed by atoms with Crippen LogP contribution in [0.1, 0.15) is 43.0 Å². The van der Waals surface area contributed by atoms with Crippen molar-refractivity contribution in [3.8, 4) is 11.5 Å². The van der Waals surface area contributed by atoms with Gasteiger partial charge in [-0.3, -0.25) is 0 Å². The maximum Gasteiger partial charge on any atom is 0.191 e. The quantitative estimate of drug-likeness (QED) is 0.173. The van der Waals surface area contributed by atoms with Crippen molar-refractivity contribution in [2.45, 2.75) is 65.0 Å². The average molecular weight is 571 g/mol. The first-order chi connectivity index (χ1) is 19.7. The van der Waals surface area contributed by atoms with E-state index in [2.05, 4.69) is 58.1 Å². The molecule has 0 spiro atoms. The van der Waals surface area contributed by atoms with Gasteiger partial charge in [0.2, 0.25) is 0 Å². The van der Waals surface area contributed by atoms with Crippen LogP contribution in [-0.4, -0.2) is 26.6 Å². The van der Waals surface area contributed by atoms with Crippen LogP contribution < -0.4 is 9.47 Å². The Kier molecular flexibility index (Phi) is 12.7. The van der Waals surface area contributed by atoms with Gasteiger partial charge in [-0.25, -0.2) is 0 Å². The predicted molar refractivity (Wildman–Crippen MR) is 172 cm³/mol. The lowest BCUT2D eigenvalue weighted by molar-refractivity contribution is 0.291. The van der Waals surface area contributed by atoms with E-state index < -0.39 is 8.32 Å². The first-order valence-corrected chi connectivity index (χ1v) is 17.3. The molecule has 0 atom stereocenters. The highest BCUT2D eigenvalue weighted by Gasteiger charge is 2.36. The van der Waals surface area contributed by atoms with E-state index in [-0.39, 0.29) is 11.6 Å². The topological polar surface area (TPSA) is 47.9 Å². The zero-order valence-electron chi connectivity index (χ0n) is 25.3. The van der Waals surface area contributed by atoms with Crippen molar-refractivity contribution in [3.05, 3.63) is 131 Å². The molecule has 4 aromatic carbocycles. The Morgan fingerprint density at radius 2 is 0.976 bits per heavy atom. The van der Waals surface area contributed by atoms with Gasteiger partial charge in [-0.2, -0.15) is 0 Å². The first-order valence-electron chi connectivity index (χ1n) is 14.4. The monoisotopic (exact) mass is 570 g/mol. The molecule has 0 aliphatic rings. The molecular formula is C36H46O4Si. The molecule has 0 heterocycles. The summed E-state index contributed by atoms with van der Waals surface area (Å²) in [7, 11) is -1.64. The lowest BCUT2D eigenvalue weighted by atomic mass is 10.1. The van der Waals surface area contributed by atoms with E-state index in [9.17, 15) is 0 Å². The fourth-order valence-electron chi connectivity index (χ4n) is 3.76. The van der Waals surface area contributed by atoms with E-state index in [1.807, 2.05) is 84.9 Å². The van der Waals surface area contributed by atoms with Crippen LogP contribution in [0.25, 0.3) is 0 Å². The zero-order chi connectivity index (χ0) is 29.6. The zero-order valence-corrected chi connectivity index (χ0v) is 26.3. The molecule has 41 heavy (non-hydrogen) atoms. The fourth-order valence-corrected chi connectivity index (χ4v) is 4.80. The van der Waals surface area contributed by atoms with Gasteiger partial charge < -0.3 is 19.0 Å². The maximum absolute atomic E-state index is 8.81. The molecule has 0 aliphatic heterocycles. The summed E-state index contributed by atoms with van der Waals surface area (Å²) in [5.41, 5.74) is 4.76. The number of aliphatic hydroxyl groups excluding tert-OH is 1. The fraction of sp³-hybridized carbons (Fsp3) is 0.333. The Balaban J connectivity index is 0.000000239. The largest absolute Gasteiger partial charge is 0.489 e. The molecule has 4 nitrogen and oxygen atoms in total. The number of ether oxygens (including phenoxy) is 2. The van der Waals surface area contributed by atoms with Crippen LogP contribution in [0.2, 0.25) is 18.1 Å². The van der Waals surface area contributed by atoms with Crippen molar-refractivity contribution in [1.82, 2.24) is 0 Å². The van der Waals surface area contributed by atoms with Gasteiger partial charge >= 0.3 is 0 Å². The number of hydrogen-bond acceptors (Lipinski definition) is 4. The van der Waals surface area contributed by atoms with Crippen LogP contribution in [0.4, 0.5) is 0 Å². The highest BCUT2D eigenvalue weighted by Crippen LogP contribution is 2.36. The van der Waals surface area contributed by atoms with Crippen LogP contribution in [0, 0.1) is 0 Å². The molecule has 218 valence electrons. The SMILES string of the molecule is CC(C)(C)[Si](C)(C)OCCc1ccc(OCc2ccccc2)cc1.OCCc1ccc(OCc2ccccc2)cc1. The van der Waals surface area contributed by atoms with Gasteiger partial charge in [0.25, 0.3) is 0 Å². The van der Waals surface area contributed by atoms with Gasteiger partial charge in [-0.1, -0.05) is 106 Å². The summed E-state index contributed by atoms with van der Waals surface area (Å²) < 4.78 is 17.7.